The molecular formula is C17H16FN3O3. The Morgan fingerprint density at radius 1 is 1.29 bits per heavy atom. The van der Waals surface area contributed by atoms with Crippen molar-refractivity contribution in [3.63, 3.8) is 0 Å². The molecule has 0 fully saturated rings. The molecule has 0 unspecified atom stereocenters. The maximum atomic E-state index is 13.1. The molecule has 1 aromatic carbocycles. The largest absolute Gasteiger partial charge is 0.426 e. The van der Waals surface area contributed by atoms with E-state index in [9.17, 15) is 9.18 Å². The number of nitrogens with zero attached hydrogens (tertiary/aromatic N) is 2. The summed E-state index contributed by atoms with van der Waals surface area (Å²) in [5.41, 5.74) is 0. The molecule has 24 heavy (non-hydrogen) atoms. The number of aromatic nitrogens is 2. The molecule has 0 saturated carbocycles. The molecule has 1 amide bonds. The van der Waals surface area contributed by atoms with Crippen molar-refractivity contribution in [3.8, 4) is 11.7 Å². The van der Waals surface area contributed by atoms with Gasteiger partial charge in [-0.2, -0.15) is 5.10 Å². The summed E-state index contributed by atoms with van der Waals surface area (Å²) in [4.78, 5) is 12.0. The monoisotopic (exact) mass is 329 g/mol. The lowest BCUT2D eigenvalue weighted by Gasteiger charge is -2.04. The lowest BCUT2D eigenvalue weighted by molar-refractivity contribution is 0.0920. The predicted octanol–water partition coefficient (Wildman–Crippen LogP) is 3.23. The smallest absolute Gasteiger partial charge is 0.290 e. The lowest BCUT2D eigenvalue weighted by Crippen LogP contribution is -2.24. The Balaban J connectivity index is 1.48. The number of ether oxygens (including phenoxy) is 1. The zero-order valence-corrected chi connectivity index (χ0v) is 12.8. The molecule has 0 spiro atoms. The highest BCUT2D eigenvalue weighted by Crippen LogP contribution is 2.24. The van der Waals surface area contributed by atoms with E-state index in [1.54, 1.807) is 16.9 Å². The first-order chi connectivity index (χ1) is 11.7. The first-order valence-corrected chi connectivity index (χ1v) is 7.49. The molecule has 0 atom stereocenters. The van der Waals surface area contributed by atoms with Crippen LogP contribution < -0.4 is 10.1 Å². The summed E-state index contributed by atoms with van der Waals surface area (Å²) in [6.07, 6.45) is 4.33. The molecule has 3 aromatic rings. The Morgan fingerprint density at radius 3 is 3.00 bits per heavy atom. The van der Waals surface area contributed by atoms with E-state index in [0.29, 0.717) is 12.3 Å². The van der Waals surface area contributed by atoms with E-state index in [4.69, 9.17) is 9.15 Å². The van der Waals surface area contributed by atoms with E-state index < -0.39 is 5.82 Å². The van der Waals surface area contributed by atoms with Crippen molar-refractivity contribution in [1.29, 1.82) is 0 Å². The molecular weight excluding hydrogens is 313 g/mol. The topological polar surface area (TPSA) is 69.3 Å². The summed E-state index contributed by atoms with van der Waals surface area (Å²) >= 11 is 0. The lowest BCUT2D eigenvalue weighted by atomic mass is 10.3. The second-order valence-corrected chi connectivity index (χ2v) is 5.06. The van der Waals surface area contributed by atoms with Crippen molar-refractivity contribution in [2.24, 2.45) is 0 Å². The van der Waals surface area contributed by atoms with Gasteiger partial charge in [-0.05, 0) is 30.7 Å². The van der Waals surface area contributed by atoms with Crippen molar-refractivity contribution in [2.75, 3.05) is 6.54 Å². The van der Waals surface area contributed by atoms with E-state index in [-0.39, 0.29) is 17.6 Å². The highest BCUT2D eigenvalue weighted by molar-refractivity contribution is 5.91. The molecule has 3 rings (SSSR count). The van der Waals surface area contributed by atoms with Gasteiger partial charge in [0, 0.05) is 37.6 Å². The number of rotatable bonds is 7. The summed E-state index contributed by atoms with van der Waals surface area (Å²) in [5.74, 6) is -0.169. The van der Waals surface area contributed by atoms with Crippen LogP contribution in [0.3, 0.4) is 0 Å². The number of hydrogen-bond donors (Lipinski definition) is 1. The minimum absolute atomic E-state index is 0.127. The Kier molecular flexibility index (Phi) is 4.90. The van der Waals surface area contributed by atoms with Gasteiger partial charge in [-0.1, -0.05) is 6.07 Å². The Hall–Kier alpha value is -3.09. The molecule has 124 valence electrons. The minimum Gasteiger partial charge on any atom is -0.426 e. The maximum Gasteiger partial charge on any atom is 0.290 e. The zero-order chi connectivity index (χ0) is 16.8. The van der Waals surface area contributed by atoms with Gasteiger partial charge >= 0.3 is 0 Å². The van der Waals surface area contributed by atoms with Crippen molar-refractivity contribution in [3.05, 3.63) is 66.4 Å². The van der Waals surface area contributed by atoms with Gasteiger partial charge in [0.15, 0.2) is 5.76 Å². The van der Waals surface area contributed by atoms with Gasteiger partial charge < -0.3 is 14.5 Å². The van der Waals surface area contributed by atoms with Crippen molar-refractivity contribution in [1.82, 2.24) is 15.1 Å². The molecule has 0 bridgehead atoms. The quantitative estimate of drug-likeness (QED) is 0.676. The van der Waals surface area contributed by atoms with Crippen molar-refractivity contribution in [2.45, 2.75) is 13.0 Å². The molecule has 2 aromatic heterocycles. The van der Waals surface area contributed by atoms with Gasteiger partial charge in [0.25, 0.3) is 11.9 Å². The predicted molar refractivity (Wildman–Crippen MR) is 84.4 cm³/mol. The molecule has 0 saturated heterocycles. The molecule has 2 heterocycles. The molecule has 7 heteroatoms. The van der Waals surface area contributed by atoms with Crippen LogP contribution in [0.4, 0.5) is 4.39 Å². The Morgan fingerprint density at radius 2 is 2.21 bits per heavy atom. The third-order valence-electron chi connectivity index (χ3n) is 3.23. The number of carbonyl (C=O) groups is 1. The molecule has 0 aliphatic rings. The third kappa shape index (κ3) is 4.22. The highest BCUT2D eigenvalue weighted by Gasteiger charge is 2.12. The number of hydrogen-bond acceptors (Lipinski definition) is 4. The standard InChI is InChI=1S/C17H16FN3O3/c18-13-4-1-5-14(12-13)23-16-7-6-15(24-16)17(22)19-8-2-10-21-11-3-9-20-21/h1,3-7,9,11-12H,2,8,10H2,(H,19,22). The van der Waals surface area contributed by atoms with E-state index in [2.05, 4.69) is 10.4 Å². The van der Waals surface area contributed by atoms with Gasteiger partial charge in [0.05, 0.1) is 0 Å². The molecule has 0 radical (unpaired) electrons. The van der Waals surface area contributed by atoms with Crippen molar-refractivity contribution < 1.29 is 18.3 Å². The normalized spacial score (nSPS) is 10.5. The number of halogens is 1. The third-order valence-corrected chi connectivity index (χ3v) is 3.23. The van der Waals surface area contributed by atoms with Crippen LogP contribution in [-0.4, -0.2) is 22.2 Å². The summed E-state index contributed by atoms with van der Waals surface area (Å²) in [6.45, 7) is 1.22. The van der Waals surface area contributed by atoms with Crippen LogP contribution in [0.5, 0.6) is 11.7 Å². The second kappa shape index (κ2) is 7.45. The number of furan rings is 1. The number of aryl methyl sites for hydroxylation is 1. The number of benzene rings is 1. The van der Waals surface area contributed by atoms with Gasteiger partial charge in [0.1, 0.15) is 11.6 Å². The van der Waals surface area contributed by atoms with Gasteiger partial charge in [0.2, 0.25) is 0 Å². The number of amides is 1. The van der Waals surface area contributed by atoms with Crippen LogP contribution in [0, 0.1) is 5.82 Å². The molecule has 6 nitrogen and oxygen atoms in total. The molecule has 1 N–H and O–H groups in total. The highest BCUT2D eigenvalue weighted by atomic mass is 19.1. The van der Waals surface area contributed by atoms with Crippen LogP contribution in [0.15, 0.2) is 59.3 Å². The van der Waals surface area contributed by atoms with Gasteiger partial charge in [-0.3, -0.25) is 9.48 Å². The summed E-state index contributed by atoms with van der Waals surface area (Å²) in [6, 6.07) is 10.6. The SMILES string of the molecule is O=C(NCCCn1cccn1)c1ccc(Oc2cccc(F)c2)o1. The fraction of sp³-hybridized carbons (Fsp3) is 0.176. The van der Waals surface area contributed by atoms with Crippen LogP contribution in [0.25, 0.3) is 0 Å². The van der Waals surface area contributed by atoms with E-state index in [1.807, 2.05) is 12.3 Å². The average Bonchev–Trinajstić information content (AvgIpc) is 3.23. The second-order valence-electron chi connectivity index (χ2n) is 5.06. The minimum atomic E-state index is -0.408. The Bertz CT molecular complexity index is 799. The van der Waals surface area contributed by atoms with Gasteiger partial charge in [-0.15, -0.1) is 0 Å². The van der Waals surface area contributed by atoms with Gasteiger partial charge in [-0.25, -0.2) is 4.39 Å². The summed E-state index contributed by atoms with van der Waals surface area (Å²) in [7, 11) is 0. The number of nitrogens with one attached hydrogen (secondary N) is 1. The van der Waals surface area contributed by atoms with Crippen LogP contribution in [0.1, 0.15) is 17.0 Å². The van der Waals surface area contributed by atoms with E-state index >= 15 is 0 Å². The zero-order valence-electron chi connectivity index (χ0n) is 12.8. The fourth-order valence-corrected chi connectivity index (χ4v) is 2.11. The van der Waals surface area contributed by atoms with Crippen LogP contribution >= 0.6 is 0 Å². The number of carbonyl (C=O) groups excluding carboxylic acids is 1. The maximum absolute atomic E-state index is 13.1. The fourth-order valence-electron chi connectivity index (χ4n) is 2.11. The van der Waals surface area contributed by atoms with Crippen LogP contribution in [-0.2, 0) is 6.54 Å². The van der Waals surface area contributed by atoms with E-state index in [1.165, 1.54) is 30.3 Å². The first-order valence-electron chi connectivity index (χ1n) is 7.49. The first kappa shape index (κ1) is 15.8. The average molecular weight is 329 g/mol. The molecule has 0 aliphatic heterocycles. The van der Waals surface area contributed by atoms with Crippen molar-refractivity contribution >= 4 is 5.91 Å². The Labute approximate surface area is 137 Å². The molecule has 0 aliphatic carbocycles. The summed E-state index contributed by atoms with van der Waals surface area (Å²) < 4.78 is 25.6. The van der Waals surface area contributed by atoms with Crippen LogP contribution in [0.2, 0.25) is 0 Å². The van der Waals surface area contributed by atoms with E-state index in [0.717, 1.165) is 13.0 Å². The summed E-state index contributed by atoms with van der Waals surface area (Å²) in [5, 5.41) is 6.84.